The molecule has 0 bridgehead atoms. The van der Waals surface area contributed by atoms with Gasteiger partial charge in [-0.2, -0.15) is 10.5 Å². The van der Waals surface area contributed by atoms with Crippen LogP contribution >= 0.6 is 0 Å². The van der Waals surface area contributed by atoms with Gasteiger partial charge in [0.2, 0.25) is 0 Å². The Bertz CT molecular complexity index is 756. The van der Waals surface area contributed by atoms with Gasteiger partial charge in [-0.05, 0) is 30.3 Å². The molecule has 6 heteroatoms. The second kappa shape index (κ2) is 5.51. The van der Waals surface area contributed by atoms with Crippen molar-refractivity contribution in [1.82, 2.24) is 4.98 Å². The largest absolute Gasteiger partial charge is 0.505 e. The molecule has 20 heavy (non-hydrogen) atoms. The number of anilines is 1. The van der Waals surface area contributed by atoms with E-state index in [0.717, 1.165) is 0 Å². The first-order chi connectivity index (χ1) is 9.65. The highest BCUT2D eigenvalue weighted by Gasteiger charge is 2.13. The fourth-order valence-electron chi connectivity index (χ4n) is 1.57. The minimum atomic E-state index is -0.600. The van der Waals surface area contributed by atoms with Crippen LogP contribution in [0.1, 0.15) is 21.6 Å². The molecule has 2 N–H and O–H groups in total. The van der Waals surface area contributed by atoms with Gasteiger partial charge in [0.25, 0.3) is 5.91 Å². The van der Waals surface area contributed by atoms with Crippen LogP contribution in [0.3, 0.4) is 0 Å². The predicted molar refractivity (Wildman–Crippen MR) is 69.7 cm³/mol. The molecule has 0 radical (unpaired) electrons. The van der Waals surface area contributed by atoms with Crippen LogP contribution in [0, 0.1) is 22.7 Å². The van der Waals surface area contributed by atoms with Crippen LogP contribution in [0.15, 0.2) is 36.5 Å². The lowest BCUT2D eigenvalue weighted by Gasteiger charge is -2.06. The lowest BCUT2D eigenvalue weighted by atomic mass is 10.1. The predicted octanol–water partition coefficient (Wildman–Crippen LogP) is 1.78. The van der Waals surface area contributed by atoms with Crippen molar-refractivity contribution >= 4 is 11.6 Å². The number of nitriles is 2. The second-order valence-corrected chi connectivity index (χ2v) is 3.81. The Morgan fingerprint density at radius 2 is 1.95 bits per heavy atom. The molecular formula is C14H8N4O2. The minimum absolute atomic E-state index is 0.115. The third kappa shape index (κ3) is 2.55. The zero-order chi connectivity index (χ0) is 14.5. The number of pyridine rings is 1. The van der Waals surface area contributed by atoms with E-state index in [2.05, 4.69) is 10.3 Å². The summed E-state index contributed by atoms with van der Waals surface area (Å²) in [6.07, 6.45) is 1.38. The van der Waals surface area contributed by atoms with Gasteiger partial charge in [0.15, 0.2) is 5.69 Å². The van der Waals surface area contributed by atoms with Crippen molar-refractivity contribution in [2.45, 2.75) is 0 Å². The summed E-state index contributed by atoms with van der Waals surface area (Å²) in [6.45, 7) is 0. The number of hydrogen-bond acceptors (Lipinski definition) is 5. The SMILES string of the molecule is N#Cc1ccc(NC(=O)c2ncccc2O)cc1C#N. The van der Waals surface area contributed by atoms with E-state index in [4.69, 9.17) is 10.5 Å². The number of carbonyl (C=O) groups excluding carboxylic acids is 1. The molecule has 2 rings (SSSR count). The molecule has 0 aliphatic rings. The molecule has 1 aromatic heterocycles. The molecule has 0 fully saturated rings. The fraction of sp³-hybridized carbons (Fsp3) is 0. The maximum absolute atomic E-state index is 11.9. The monoisotopic (exact) mass is 264 g/mol. The molecule has 0 aliphatic carbocycles. The summed E-state index contributed by atoms with van der Waals surface area (Å²) in [5.74, 6) is -0.837. The molecular weight excluding hydrogens is 256 g/mol. The van der Waals surface area contributed by atoms with Crippen LogP contribution in [0.4, 0.5) is 5.69 Å². The molecule has 96 valence electrons. The number of hydrogen-bond donors (Lipinski definition) is 2. The van der Waals surface area contributed by atoms with E-state index in [9.17, 15) is 9.90 Å². The van der Waals surface area contributed by atoms with Crippen molar-refractivity contribution in [2.75, 3.05) is 5.32 Å². The maximum Gasteiger partial charge on any atom is 0.278 e. The molecule has 1 amide bonds. The van der Waals surface area contributed by atoms with Crippen LogP contribution in [0.5, 0.6) is 5.75 Å². The van der Waals surface area contributed by atoms with Gasteiger partial charge in [0.1, 0.15) is 17.9 Å². The highest BCUT2D eigenvalue weighted by atomic mass is 16.3. The average Bonchev–Trinajstić information content (AvgIpc) is 2.47. The van der Waals surface area contributed by atoms with E-state index in [1.165, 1.54) is 36.5 Å². The number of nitrogens with one attached hydrogen (secondary N) is 1. The Labute approximate surface area is 114 Å². The standard InChI is InChI=1S/C14H8N4O2/c15-7-9-3-4-11(6-10(9)8-16)18-14(20)13-12(19)2-1-5-17-13/h1-6,19H,(H,18,20). The van der Waals surface area contributed by atoms with Gasteiger partial charge in [-0.3, -0.25) is 4.79 Å². The number of rotatable bonds is 2. The zero-order valence-electron chi connectivity index (χ0n) is 10.2. The third-order valence-corrected chi connectivity index (χ3v) is 2.52. The first-order valence-corrected chi connectivity index (χ1v) is 5.55. The molecule has 0 saturated heterocycles. The van der Waals surface area contributed by atoms with Gasteiger partial charge in [-0.15, -0.1) is 0 Å². The van der Waals surface area contributed by atoms with Gasteiger partial charge < -0.3 is 10.4 Å². The Morgan fingerprint density at radius 1 is 1.20 bits per heavy atom. The van der Waals surface area contributed by atoms with E-state index in [1.54, 1.807) is 0 Å². The first-order valence-electron chi connectivity index (χ1n) is 5.55. The topological polar surface area (TPSA) is 110 Å². The number of aromatic hydroxyl groups is 1. The van der Waals surface area contributed by atoms with Crippen molar-refractivity contribution < 1.29 is 9.90 Å². The lowest BCUT2D eigenvalue weighted by Crippen LogP contribution is -2.13. The zero-order valence-corrected chi connectivity index (χ0v) is 10.2. The fourth-order valence-corrected chi connectivity index (χ4v) is 1.57. The number of benzene rings is 1. The van der Waals surface area contributed by atoms with E-state index >= 15 is 0 Å². The maximum atomic E-state index is 11.9. The summed E-state index contributed by atoms with van der Waals surface area (Å²) in [5, 5.41) is 29.7. The summed E-state index contributed by atoms with van der Waals surface area (Å²) in [4.78, 5) is 15.7. The van der Waals surface area contributed by atoms with Crippen molar-refractivity contribution in [3.63, 3.8) is 0 Å². The van der Waals surface area contributed by atoms with E-state index < -0.39 is 5.91 Å². The third-order valence-electron chi connectivity index (χ3n) is 2.52. The number of amides is 1. The van der Waals surface area contributed by atoms with Gasteiger partial charge in [-0.1, -0.05) is 0 Å². The molecule has 0 atom stereocenters. The van der Waals surface area contributed by atoms with Gasteiger partial charge in [-0.25, -0.2) is 4.98 Å². The minimum Gasteiger partial charge on any atom is -0.505 e. The summed E-state index contributed by atoms with van der Waals surface area (Å²) in [6, 6.07) is 10.9. The molecule has 0 unspecified atom stereocenters. The molecule has 1 aromatic carbocycles. The van der Waals surface area contributed by atoms with Crippen LogP contribution in [0.2, 0.25) is 0 Å². The summed E-state index contributed by atoms with van der Waals surface area (Å²) >= 11 is 0. The molecule has 0 spiro atoms. The van der Waals surface area contributed by atoms with E-state index in [0.29, 0.717) is 5.69 Å². The van der Waals surface area contributed by atoms with Crippen LogP contribution in [-0.2, 0) is 0 Å². The van der Waals surface area contributed by atoms with Crippen LogP contribution < -0.4 is 5.32 Å². The Hall–Kier alpha value is -3.38. The second-order valence-electron chi connectivity index (χ2n) is 3.81. The highest BCUT2D eigenvalue weighted by Crippen LogP contribution is 2.18. The lowest BCUT2D eigenvalue weighted by molar-refractivity contribution is 0.101. The van der Waals surface area contributed by atoms with Crippen LogP contribution in [0.25, 0.3) is 0 Å². The number of carbonyl (C=O) groups is 1. The van der Waals surface area contributed by atoms with Crippen molar-refractivity contribution in [1.29, 1.82) is 10.5 Å². The van der Waals surface area contributed by atoms with Gasteiger partial charge >= 0.3 is 0 Å². The van der Waals surface area contributed by atoms with Crippen molar-refractivity contribution in [3.8, 4) is 17.9 Å². The van der Waals surface area contributed by atoms with Crippen LogP contribution in [-0.4, -0.2) is 16.0 Å². The number of nitrogens with zero attached hydrogens (tertiary/aromatic N) is 3. The normalized spacial score (nSPS) is 9.30. The first kappa shape index (κ1) is 13.1. The average molecular weight is 264 g/mol. The summed E-state index contributed by atoms with van der Waals surface area (Å²) < 4.78 is 0. The molecule has 2 aromatic rings. The van der Waals surface area contributed by atoms with Crippen molar-refractivity contribution in [2.24, 2.45) is 0 Å². The summed E-state index contributed by atoms with van der Waals surface area (Å²) in [5.41, 5.74) is 0.618. The quantitative estimate of drug-likeness (QED) is 0.859. The number of aromatic nitrogens is 1. The molecule has 1 heterocycles. The summed E-state index contributed by atoms with van der Waals surface area (Å²) in [7, 11) is 0. The van der Waals surface area contributed by atoms with E-state index in [-0.39, 0.29) is 22.6 Å². The molecule has 0 aliphatic heterocycles. The smallest absolute Gasteiger partial charge is 0.278 e. The highest BCUT2D eigenvalue weighted by molar-refractivity contribution is 6.04. The molecule has 6 nitrogen and oxygen atoms in total. The van der Waals surface area contributed by atoms with Crippen molar-refractivity contribution in [3.05, 3.63) is 53.3 Å². The van der Waals surface area contributed by atoms with E-state index in [1.807, 2.05) is 12.1 Å². The Balaban J connectivity index is 2.28. The Morgan fingerprint density at radius 3 is 2.60 bits per heavy atom. The van der Waals surface area contributed by atoms with Gasteiger partial charge in [0, 0.05) is 11.9 Å². The van der Waals surface area contributed by atoms with Gasteiger partial charge in [0.05, 0.1) is 11.1 Å². The Kier molecular flexibility index (Phi) is 3.60. The molecule has 0 saturated carbocycles.